The summed E-state index contributed by atoms with van der Waals surface area (Å²) in [4.78, 5) is 4.21. The molecule has 0 bridgehead atoms. The van der Waals surface area contributed by atoms with E-state index in [9.17, 15) is 8.42 Å². The molecule has 0 spiro atoms. The molecule has 1 heterocycles. The van der Waals surface area contributed by atoms with Gasteiger partial charge < -0.3 is 11.1 Å². The van der Waals surface area contributed by atoms with Gasteiger partial charge in [-0.05, 0) is 12.1 Å². The molecule has 0 aromatic carbocycles. The van der Waals surface area contributed by atoms with Crippen LogP contribution >= 0.6 is 12.2 Å². The lowest BCUT2D eigenvalue weighted by Gasteiger charge is -2.10. The first-order chi connectivity index (χ1) is 8.46. The largest absolute Gasteiger partial charge is 0.388 e. The summed E-state index contributed by atoms with van der Waals surface area (Å²) in [5.41, 5.74) is 6.62. The number of anilines is 1. The van der Waals surface area contributed by atoms with Crippen LogP contribution in [-0.2, 0) is 10.0 Å². The molecule has 0 saturated heterocycles. The standard InChI is InChI=1S/C10H16N4O2S2/c1-2-14-18(15,16)7-6-12-8-4-3-5-13-9(8)10(11)17/h3-5,12,14H,2,6-7H2,1H3,(H2,11,17). The van der Waals surface area contributed by atoms with E-state index in [-0.39, 0.29) is 17.3 Å². The Morgan fingerprint density at radius 3 is 2.89 bits per heavy atom. The fraction of sp³-hybridized carbons (Fsp3) is 0.400. The average molecular weight is 288 g/mol. The zero-order valence-corrected chi connectivity index (χ0v) is 11.6. The van der Waals surface area contributed by atoms with Crippen molar-refractivity contribution in [2.75, 3.05) is 24.2 Å². The number of rotatable bonds is 7. The van der Waals surface area contributed by atoms with Crippen LogP contribution in [0.1, 0.15) is 12.6 Å². The molecular formula is C10H16N4O2S2. The topological polar surface area (TPSA) is 97.1 Å². The minimum absolute atomic E-state index is 0.0213. The molecule has 0 atom stereocenters. The second-order valence-electron chi connectivity index (χ2n) is 3.51. The van der Waals surface area contributed by atoms with Crippen molar-refractivity contribution in [3.63, 3.8) is 0 Å². The molecule has 1 rings (SSSR count). The molecule has 1 aromatic rings. The number of nitrogens with zero attached hydrogens (tertiary/aromatic N) is 1. The number of hydrogen-bond acceptors (Lipinski definition) is 5. The molecule has 0 aliphatic heterocycles. The molecule has 0 aliphatic rings. The lowest BCUT2D eigenvalue weighted by atomic mass is 10.3. The number of aromatic nitrogens is 1. The van der Waals surface area contributed by atoms with Crippen LogP contribution in [0, 0.1) is 0 Å². The van der Waals surface area contributed by atoms with Gasteiger partial charge in [-0.25, -0.2) is 13.1 Å². The molecule has 8 heteroatoms. The van der Waals surface area contributed by atoms with Crippen LogP contribution in [0.5, 0.6) is 0 Å². The van der Waals surface area contributed by atoms with Crippen LogP contribution in [-0.4, -0.2) is 37.2 Å². The van der Waals surface area contributed by atoms with Gasteiger partial charge in [-0.15, -0.1) is 0 Å². The van der Waals surface area contributed by atoms with Crippen molar-refractivity contribution in [2.45, 2.75) is 6.92 Å². The maximum absolute atomic E-state index is 11.4. The number of nitrogens with two attached hydrogens (primary N) is 1. The Kier molecular flexibility index (Phi) is 5.45. The number of hydrogen-bond donors (Lipinski definition) is 3. The summed E-state index contributed by atoms with van der Waals surface area (Å²) in [6, 6.07) is 3.48. The van der Waals surface area contributed by atoms with Crippen molar-refractivity contribution in [1.82, 2.24) is 9.71 Å². The van der Waals surface area contributed by atoms with E-state index in [1.54, 1.807) is 25.3 Å². The van der Waals surface area contributed by atoms with E-state index < -0.39 is 10.0 Å². The van der Waals surface area contributed by atoms with Crippen LogP contribution in [0.2, 0.25) is 0 Å². The average Bonchev–Trinajstić information content (AvgIpc) is 2.29. The van der Waals surface area contributed by atoms with Crippen LogP contribution in [0.25, 0.3) is 0 Å². The van der Waals surface area contributed by atoms with E-state index in [1.807, 2.05) is 0 Å². The van der Waals surface area contributed by atoms with E-state index in [2.05, 4.69) is 15.0 Å². The first-order valence-electron chi connectivity index (χ1n) is 5.42. The molecule has 0 radical (unpaired) electrons. The van der Waals surface area contributed by atoms with Gasteiger partial charge in [-0.3, -0.25) is 4.98 Å². The van der Waals surface area contributed by atoms with E-state index >= 15 is 0 Å². The van der Waals surface area contributed by atoms with E-state index in [0.29, 0.717) is 17.9 Å². The van der Waals surface area contributed by atoms with Crippen molar-refractivity contribution in [3.05, 3.63) is 24.0 Å². The Morgan fingerprint density at radius 2 is 2.28 bits per heavy atom. The fourth-order valence-corrected chi connectivity index (χ4v) is 2.47. The van der Waals surface area contributed by atoms with Gasteiger partial charge in [0.1, 0.15) is 10.7 Å². The monoisotopic (exact) mass is 288 g/mol. The lowest BCUT2D eigenvalue weighted by Crippen LogP contribution is -2.29. The Hall–Kier alpha value is -1.25. The maximum Gasteiger partial charge on any atom is 0.213 e. The molecule has 0 saturated carbocycles. The maximum atomic E-state index is 11.4. The summed E-state index contributed by atoms with van der Waals surface area (Å²) in [5, 5.41) is 2.96. The number of sulfonamides is 1. The molecule has 1 aromatic heterocycles. The van der Waals surface area contributed by atoms with Gasteiger partial charge in [0.05, 0.1) is 11.4 Å². The fourth-order valence-electron chi connectivity index (χ4n) is 1.36. The Balaban J connectivity index is 2.62. The highest BCUT2D eigenvalue weighted by Gasteiger charge is 2.09. The molecule has 4 N–H and O–H groups in total. The third-order valence-corrected chi connectivity index (χ3v) is 3.76. The SMILES string of the molecule is CCNS(=O)(=O)CCNc1cccnc1C(N)=S. The number of nitrogens with one attached hydrogen (secondary N) is 2. The highest BCUT2D eigenvalue weighted by Crippen LogP contribution is 2.11. The third kappa shape index (κ3) is 4.55. The van der Waals surface area contributed by atoms with Gasteiger partial charge in [0, 0.05) is 19.3 Å². The molecular weight excluding hydrogens is 272 g/mol. The highest BCUT2D eigenvalue weighted by molar-refractivity contribution is 7.89. The molecule has 0 aliphatic carbocycles. The van der Waals surface area contributed by atoms with Crippen molar-refractivity contribution in [3.8, 4) is 0 Å². The van der Waals surface area contributed by atoms with E-state index in [1.165, 1.54) is 0 Å². The molecule has 18 heavy (non-hydrogen) atoms. The van der Waals surface area contributed by atoms with Gasteiger partial charge in [-0.2, -0.15) is 0 Å². The Bertz CT molecular complexity index is 516. The predicted octanol–water partition coefficient (Wildman–Crippen LogP) is 0.0670. The molecule has 0 amide bonds. The van der Waals surface area contributed by atoms with Gasteiger partial charge in [-0.1, -0.05) is 19.1 Å². The summed E-state index contributed by atoms with van der Waals surface area (Å²) in [6.45, 7) is 2.38. The quantitative estimate of drug-likeness (QED) is 0.614. The summed E-state index contributed by atoms with van der Waals surface area (Å²) in [6.07, 6.45) is 1.58. The summed E-state index contributed by atoms with van der Waals surface area (Å²) in [5.74, 6) is -0.0213. The van der Waals surface area contributed by atoms with Crippen molar-refractivity contribution in [1.29, 1.82) is 0 Å². The number of thiocarbonyl (C=S) groups is 1. The molecule has 100 valence electrons. The first-order valence-corrected chi connectivity index (χ1v) is 7.48. The van der Waals surface area contributed by atoms with E-state index in [0.717, 1.165) is 0 Å². The minimum atomic E-state index is -3.23. The highest BCUT2D eigenvalue weighted by atomic mass is 32.2. The van der Waals surface area contributed by atoms with Crippen LogP contribution in [0.4, 0.5) is 5.69 Å². The molecule has 6 nitrogen and oxygen atoms in total. The Morgan fingerprint density at radius 1 is 1.56 bits per heavy atom. The summed E-state index contributed by atoms with van der Waals surface area (Å²) in [7, 11) is -3.23. The zero-order valence-electron chi connectivity index (χ0n) is 10.0. The Labute approximate surface area is 112 Å². The second-order valence-corrected chi connectivity index (χ2v) is 5.87. The lowest BCUT2D eigenvalue weighted by molar-refractivity contribution is 0.584. The predicted molar refractivity (Wildman–Crippen MR) is 76.1 cm³/mol. The third-order valence-electron chi connectivity index (χ3n) is 2.09. The second kappa shape index (κ2) is 6.62. The van der Waals surface area contributed by atoms with Crippen LogP contribution in [0.3, 0.4) is 0 Å². The smallest absolute Gasteiger partial charge is 0.213 e. The molecule has 0 unspecified atom stereocenters. The summed E-state index contributed by atoms with van der Waals surface area (Å²) < 4.78 is 25.3. The van der Waals surface area contributed by atoms with Gasteiger partial charge >= 0.3 is 0 Å². The summed E-state index contributed by atoms with van der Waals surface area (Å²) >= 11 is 4.86. The van der Waals surface area contributed by atoms with Gasteiger partial charge in [0.15, 0.2) is 0 Å². The van der Waals surface area contributed by atoms with E-state index in [4.69, 9.17) is 18.0 Å². The zero-order chi connectivity index (χ0) is 13.6. The first kappa shape index (κ1) is 14.8. The van der Waals surface area contributed by atoms with Crippen LogP contribution < -0.4 is 15.8 Å². The molecule has 0 fully saturated rings. The minimum Gasteiger partial charge on any atom is -0.388 e. The van der Waals surface area contributed by atoms with Gasteiger partial charge in [0.25, 0.3) is 0 Å². The van der Waals surface area contributed by atoms with Crippen molar-refractivity contribution < 1.29 is 8.42 Å². The van der Waals surface area contributed by atoms with Crippen molar-refractivity contribution in [2.24, 2.45) is 5.73 Å². The van der Waals surface area contributed by atoms with Gasteiger partial charge in [0.2, 0.25) is 10.0 Å². The number of pyridine rings is 1. The van der Waals surface area contributed by atoms with Crippen molar-refractivity contribution >= 4 is 32.9 Å². The van der Waals surface area contributed by atoms with Crippen LogP contribution in [0.15, 0.2) is 18.3 Å². The normalized spacial score (nSPS) is 11.2.